The maximum atomic E-state index is 13.4. The summed E-state index contributed by atoms with van der Waals surface area (Å²) in [5.41, 5.74) is 5.30. The van der Waals surface area contributed by atoms with Crippen molar-refractivity contribution < 1.29 is 12.8 Å². The topological polar surface area (TPSA) is 72.2 Å². The Balaban J connectivity index is 2.77. The molecule has 0 heterocycles. The van der Waals surface area contributed by atoms with Gasteiger partial charge in [0.25, 0.3) is 0 Å². The molecule has 0 saturated heterocycles. The second-order valence-electron chi connectivity index (χ2n) is 4.46. The Morgan fingerprint density at radius 3 is 2.65 bits per heavy atom. The van der Waals surface area contributed by atoms with Crippen LogP contribution in [0.15, 0.2) is 23.1 Å². The van der Waals surface area contributed by atoms with Gasteiger partial charge in [-0.25, -0.2) is 17.5 Å². The molecule has 0 aliphatic carbocycles. The number of halogens is 1. The van der Waals surface area contributed by atoms with Crippen LogP contribution in [0.5, 0.6) is 0 Å². The van der Waals surface area contributed by atoms with Gasteiger partial charge >= 0.3 is 0 Å². The number of nitrogens with one attached hydrogen (secondary N) is 1. The number of hydrogen-bond acceptors (Lipinski definition) is 3. The molecule has 1 rings (SSSR count). The smallest absolute Gasteiger partial charge is 0.240 e. The lowest BCUT2D eigenvalue weighted by molar-refractivity contribution is 0.573. The Morgan fingerprint density at radius 1 is 1.35 bits per heavy atom. The van der Waals surface area contributed by atoms with E-state index in [1.54, 1.807) is 0 Å². The molecule has 7 heteroatoms. The number of hydrogen-bond donors (Lipinski definition) is 2. The van der Waals surface area contributed by atoms with Crippen LogP contribution in [0.4, 0.5) is 4.39 Å². The highest BCUT2D eigenvalue weighted by molar-refractivity contribution is 7.89. The van der Waals surface area contributed by atoms with Crippen molar-refractivity contribution in [2.75, 3.05) is 6.54 Å². The number of rotatable bonds is 8. The van der Waals surface area contributed by atoms with Crippen molar-refractivity contribution in [2.24, 2.45) is 5.73 Å². The predicted molar refractivity (Wildman–Crippen MR) is 81.6 cm³/mol. The lowest BCUT2D eigenvalue weighted by atomic mass is 10.2. The Labute approximate surface area is 124 Å². The van der Waals surface area contributed by atoms with E-state index < -0.39 is 15.8 Å². The summed E-state index contributed by atoms with van der Waals surface area (Å²) in [6.07, 6.45) is 3.91. The third-order valence-electron chi connectivity index (χ3n) is 2.84. The molecule has 1 aromatic carbocycles. The van der Waals surface area contributed by atoms with E-state index in [0.29, 0.717) is 6.54 Å². The quantitative estimate of drug-likeness (QED) is 0.570. The van der Waals surface area contributed by atoms with Gasteiger partial charge in [-0.05, 0) is 24.6 Å². The standard InChI is InChI=1S/C13H19FN2O2S2/c1-2-3-4-5-8-16-20(17,18)10-6-7-12(14)11(9-10)13(15)19/h6-7,9,16H,2-5,8H2,1H3,(H2,15,19). The average Bonchev–Trinajstić information content (AvgIpc) is 2.38. The Bertz CT molecular complexity index is 574. The molecule has 4 nitrogen and oxygen atoms in total. The van der Waals surface area contributed by atoms with E-state index >= 15 is 0 Å². The van der Waals surface area contributed by atoms with Gasteiger partial charge in [0.15, 0.2) is 0 Å². The van der Waals surface area contributed by atoms with Gasteiger partial charge in [0.2, 0.25) is 10.0 Å². The zero-order valence-corrected chi connectivity index (χ0v) is 13.0. The first-order valence-corrected chi connectivity index (χ1v) is 8.36. The maximum absolute atomic E-state index is 13.4. The molecule has 0 bridgehead atoms. The van der Waals surface area contributed by atoms with E-state index in [0.717, 1.165) is 37.8 Å². The first kappa shape index (κ1) is 17.0. The number of unbranched alkanes of at least 4 members (excludes halogenated alkanes) is 3. The zero-order chi connectivity index (χ0) is 15.2. The maximum Gasteiger partial charge on any atom is 0.240 e. The predicted octanol–water partition coefficient (Wildman–Crippen LogP) is 2.32. The van der Waals surface area contributed by atoms with Crippen LogP contribution in [0, 0.1) is 5.82 Å². The van der Waals surface area contributed by atoms with Crippen LogP contribution in [0.25, 0.3) is 0 Å². The molecule has 0 amide bonds. The van der Waals surface area contributed by atoms with Gasteiger partial charge < -0.3 is 5.73 Å². The van der Waals surface area contributed by atoms with Crippen LogP contribution in [-0.2, 0) is 10.0 Å². The minimum absolute atomic E-state index is 0.0304. The molecule has 0 radical (unpaired) electrons. The van der Waals surface area contributed by atoms with E-state index in [2.05, 4.69) is 23.9 Å². The molecule has 0 aliphatic heterocycles. The highest BCUT2D eigenvalue weighted by Crippen LogP contribution is 2.15. The Hall–Kier alpha value is -1.05. The van der Waals surface area contributed by atoms with Gasteiger partial charge in [0, 0.05) is 12.1 Å². The fourth-order valence-electron chi connectivity index (χ4n) is 1.70. The first-order valence-electron chi connectivity index (χ1n) is 6.47. The Kier molecular flexibility index (Phi) is 6.51. The van der Waals surface area contributed by atoms with Crippen molar-refractivity contribution in [3.63, 3.8) is 0 Å². The summed E-state index contributed by atoms with van der Waals surface area (Å²) in [5.74, 6) is -0.626. The molecular formula is C13H19FN2O2S2. The summed E-state index contributed by atoms with van der Waals surface area (Å²) in [6.45, 7) is 2.45. The van der Waals surface area contributed by atoms with Crippen molar-refractivity contribution in [1.29, 1.82) is 0 Å². The molecule has 0 spiro atoms. The normalized spacial score (nSPS) is 11.5. The van der Waals surface area contributed by atoms with E-state index in [4.69, 9.17) is 5.73 Å². The highest BCUT2D eigenvalue weighted by Gasteiger charge is 2.16. The molecule has 0 fully saturated rings. The van der Waals surface area contributed by atoms with Crippen LogP contribution >= 0.6 is 12.2 Å². The van der Waals surface area contributed by atoms with Crippen molar-refractivity contribution in [1.82, 2.24) is 4.72 Å². The van der Waals surface area contributed by atoms with E-state index in [-0.39, 0.29) is 15.4 Å². The number of benzene rings is 1. The summed E-state index contributed by atoms with van der Waals surface area (Å²) < 4.78 is 40.0. The zero-order valence-electron chi connectivity index (χ0n) is 11.4. The minimum Gasteiger partial charge on any atom is -0.389 e. The van der Waals surface area contributed by atoms with Gasteiger partial charge in [0.1, 0.15) is 10.8 Å². The number of nitrogens with two attached hydrogens (primary N) is 1. The monoisotopic (exact) mass is 318 g/mol. The number of sulfonamides is 1. The van der Waals surface area contributed by atoms with Gasteiger partial charge in [-0.1, -0.05) is 38.4 Å². The lowest BCUT2D eigenvalue weighted by Crippen LogP contribution is -2.25. The van der Waals surface area contributed by atoms with E-state index in [9.17, 15) is 12.8 Å². The van der Waals surface area contributed by atoms with Gasteiger partial charge in [0.05, 0.1) is 4.90 Å². The largest absolute Gasteiger partial charge is 0.389 e. The summed E-state index contributed by atoms with van der Waals surface area (Å²) in [7, 11) is -3.65. The van der Waals surface area contributed by atoms with Gasteiger partial charge in [-0.3, -0.25) is 0 Å². The summed E-state index contributed by atoms with van der Waals surface area (Å²) in [6, 6.07) is 3.41. The molecule has 20 heavy (non-hydrogen) atoms. The second-order valence-corrected chi connectivity index (χ2v) is 6.67. The van der Waals surface area contributed by atoms with Crippen molar-refractivity contribution in [3.05, 3.63) is 29.6 Å². The van der Waals surface area contributed by atoms with Crippen LogP contribution in [0.3, 0.4) is 0 Å². The first-order chi connectivity index (χ1) is 9.38. The highest BCUT2D eigenvalue weighted by atomic mass is 32.2. The summed E-state index contributed by atoms with van der Waals surface area (Å²) in [4.78, 5) is -0.195. The second kappa shape index (κ2) is 7.66. The van der Waals surface area contributed by atoms with Crippen LogP contribution < -0.4 is 10.5 Å². The molecule has 0 saturated carbocycles. The molecule has 0 atom stereocenters. The summed E-state index contributed by atoms with van der Waals surface area (Å²) in [5, 5.41) is 0. The lowest BCUT2D eigenvalue weighted by Gasteiger charge is -2.08. The van der Waals surface area contributed by atoms with Crippen LogP contribution in [0.1, 0.15) is 38.2 Å². The molecule has 0 unspecified atom stereocenters. The van der Waals surface area contributed by atoms with Gasteiger partial charge in [-0.15, -0.1) is 0 Å². The van der Waals surface area contributed by atoms with Crippen molar-refractivity contribution in [2.45, 2.75) is 37.5 Å². The summed E-state index contributed by atoms with van der Waals surface area (Å²) >= 11 is 4.69. The molecule has 112 valence electrons. The van der Waals surface area contributed by atoms with Crippen LogP contribution in [-0.4, -0.2) is 20.0 Å². The molecule has 0 aliphatic rings. The Morgan fingerprint density at radius 2 is 2.05 bits per heavy atom. The van der Waals surface area contributed by atoms with E-state index in [1.165, 1.54) is 6.07 Å². The fourth-order valence-corrected chi connectivity index (χ4v) is 2.96. The van der Waals surface area contributed by atoms with E-state index in [1.807, 2.05) is 0 Å². The third kappa shape index (κ3) is 4.81. The fraction of sp³-hybridized carbons (Fsp3) is 0.462. The van der Waals surface area contributed by atoms with Crippen molar-refractivity contribution in [3.8, 4) is 0 Å². The number of thiocarbonyl (C=S) groups is 1. The minimum atomic E-state index is -3.65. The molecule has 1 aromatic rings. The molecule has 3 N–H and O–H groups in total. The molecule has 0 aromatic heterocycles. The van der Waals surface area contributed by atoms with Crippen molar-refractivity contribution >= 4 is 27.2 Å². The molecular weight excluding hydrogens is 299 g/mol. The third-order valence-corrected chi connectivity index (χ3v) is 4.51. The average molecular weight is 318 g/mol. The van der Waals surface area contributed by atoms with Gasteiger partial charge in [-0.2, -0.15) is 0 Å². The van der Waals surface area contributed by atoms with Crippen LogP contribution in [0.2, 0.25) is 0 Å². The SMILES string of the molecule is CCCCCCNS(=O)(=O)c1ccc(F)c(C(N)=S)c1.